The molecule has 0 saturated carbocycles. The molecule has 0 bridgehead atoms. The Labute approximate surface area is 97.1 Å². The van der Waals surface area contributed by atoms with Crippen LogP contribution in [0.3, 0.4) is 0 Å². The Balaban J connectivity index is 1.97. The van der Waals surface area contributed by atoms with Crippen molar-refractivity contribution < 1.29 is 9.90 Å². The van der Waals surface area contributed by atoms with Gasteiger partial charge in [0.05, 0.1) is 11.8 Å². The van der Waals surface area contributed by atoms with Crippen LogP contribution in [0.4, 0.5) is 5.95 Å². The van der Waals surface area contributed by atoms with Gasteiger partial charge in [0.1, 0.15) is 0 Å². The number of aromatic carboxylic acids is 1. The topological polar surface area (TPSA) is 92.9 Å². The third kappa shape index (κ3) is 2.77. The molecule has 2 aromatic rings. The summed E-state index contributed by atoms with van der Waals surface area (Å²) in [5.41, 5.74) is 1.07. The van der Waals surface area contributed by atoms with Gasteiger partial charge in [-0.3, -0.25) is 4.68 Å². The number of aromatic nitrogens is 4. The molecule has 2 N–H and O–H groups in total. The van der Waals surface area contributed by atoms with E-state index in [1.54, 1.807) is 10.9 Å². The van der Waals surface area contributed by atoms with Gasteiger partial charge >= 0.3 is 5.97 Å². The SMILES string of the molecule is Cn1cc(CNc2ncc(C(=O)O)cn2)cn1. The van der Waals surface area contributed by atoms with Crippen molar-refractivity contribution in [3.63, 3.8) is 0 Å². The predicted molar refractivity (Wildman–Crippen MR) is 59.5 cm³/mol. The molecular weight excluding hydrogens is 222 g/mol. The number of carbonyl (C=O) groups is 1. The third-order valence-corrected chi connectivity index (χ3v) is 2.11. The molecule has 17 heavy (non-hydrogen) atoms. The summed E-state index contributed by atoms with van der Waals surface area (Å²) in [6.07, 6.45) is 6.14. The molecule has 0 saturated heterocycles. The Morgan fingerprint density at radius 3 is 2.65 bits per heavy atom. The van der Waals surface area contributed by atoms with Gasteiger partial charge in [-0.15, -0.1) is 0 Å². The zero-order chi connectivity index (χ0) is 12.3. The Kier molecular flexibility index (Phi) is 2.99. The maximum atomic E-state index is 10.6. The molecule has 2 aromatic heterocycles. The summed E-state index contributed by atoms with van der Waals surface area (Å²) in [4.78, 5) is 18.4. The highest BCUT2D eigenvalue weighted by atomic mass is 16.4. The van der Waals surface area contributed by atoms with Gasteiger partial charge in [-0.05, 0) is 0 Å². The lowest BCUT2D eigenvalue weighted by molar-refractivity contribution is 0.0696. The van der Waals surface area contributed by atoms with Crippen LogP contribution in [0.25, 0.3) is 0 Å². The second-order valence-corrected chi connectivity index (χ2v) is 3.48. The molecule has 0 radical (unpaired) electrons. The van der Waals surface area contributed by atoms with Crippen LogP contribution in [0.1, 0.15) is 15.9 Å². The number of hydrogen-bond acceptors (Lipinski definition) is 5. The summed E-state index contributed by atoms with van der Waals surface area (Å²) in [5, 5.41) is 15.7. The van der Waals surface area contributed by atoms with Gasteiger partial charge in [0.15, 0.2) is 0 Å². The average Bonchev–Trinajstić information content (AvgIpc) is 2.73. The number of hydrogen-bond donors (Lipinski definition) is 2. The number of nitrogens with one attached hydrogen (secondary N) is 1. The standard InChI is InChI=1S/C10H11N5O2/c1-15-6-7(3-14-15)2-11-10-12-4-8(5-13-10)9(16)17/h3-6H,2H2,1H3,(H,16,17)(H,11,12,13). The summed E-state index contributed by atoms with van der Waals surface area (Å²) in [5.74, 6) is -0.650. The lowest BCUT2D eigenvalue weighted by Gasteiger charge is -2.02. The highest BCUT2D eigenvalue weighted by Crippen LogP contribution is 2.03. The molecule has 0 amide bonds. The van der Waals surface area contributed by atoms with Crippen LogP contribution in [0.15, 0.2) is 24.8 Å². The van der Waals surface area contributed by atoms with Crippen molar-refractivity contribution in [1.29, 1.82) is 0 Å². The van der Waals surface area contributed by atoms with E-state index in [2.05, 4.69) is 20.4 Å². The summed E-state index contributed by atoms with van der Waals surface area (Å²) in [6, 6.07) is 0. The first-order chi connectivity index (χ1) is 8.15. The van der Waals surface area contributed by atoms with E-state index >= 15 is 0 Å². The molecule has 0 fully saturated rings. The van der Waals surface area contributed by atoms with Gasteiger partial charge in [-0.1, -0.05) is 0 Å². The van der Waals surface area contributed by atoms with Gasteiger partial charge < -0.3 is 10.4 Å². The van der Waals surface area contributed by atoms with E-state index in [9.17, 15) is 4.79 Å². The number of rotatable bonds is 4. The van der Waals surface area contributed by atoms with Crippen LogP contribution in [0.5, 0.6) is 0 Å². The number of aryl methyl sites for hydroxylation is 1. The molecule has 0 spiro atoms. The lowest BCUT2D eigenvalue weighted by atomic mass is 10.3. The second kappa shape index (κ2) is 4.60. The van der Waals surface area contributed by atoms with E-state index in [0.29, 0.717) is 12.5 Å². The number of carboxylic acids is 1. The van der Waals surface area contributed by atoms with Gasteiger partial charge in [-0.2, -0.15) is 5.10 Å². The van der Waals surface area contributed by atoms with Crippen LogP contribution >= 0.6 is 0 Å². The molecule has 0 aliphatic rings. The Bertz CT molecular complexity index is 520. The van der Waals surface area contributed by atoms with Crippen molar-refractivity contribution in [2.24, 2.45) is 7.05 Å². The molecule has 0 aromatic carbocycles. The van der Waals surface area contributed by atoms with Crippen LogP contribution in [0.2, 0.25) is 0 Å². The number of carboxylic acid groups (broad SMARTS) is 1. The van der Waals surface area contributed by atoms with Crippen molar-refractivity contribution in [1.82, 2.24) is 19.7 Å². The molecule has 0 unspecified atom stereocenters. The molecule has 0 aliphatic heterocycles. The van der Waals surface area contributed by atoms with Crippen molar-refractivity contribution in [2.45, 2.75) is 6.54 Å². The fourth-order valence-corrected chi connectivity index (χ4v) is 1.27. The van der Waals surface area contributed by atoms with E-state index in [4.69, 9.17) is 5.11 Å². The van der Waals surface area contributed by atoms with Crippen molar-refractivity contribution in [2.75, 3.05) is 5.32 Å². The Morgan fingerprint density at radius 1 is 1.41 bits per heavy atom. The molecular formula is C10H11N5O2. The van der Waals surface area contributed by atoms with Crippen molar-refractivity contribution in [3.8, 4) is 0 Å². The average molecular weight is 233 g/mol. The third-order valence-electron chi connectivity index (χ3n) is 2.11. The molecule has 7 heteroatoms. The highest BCUT2D eigenvalue weighted by molar-refractivity contribution is 5.86. The van der Waals surface area contributed by atoms with Crippen LogP contribution in [-0.2, 0) is 13.6 Å². The van der Waals surface area contributed by atoms with Crippen LogP contribution < -0.4 is 5.32 Å². The molecule has 2 rings (SSSR count). The van der Waals surface area contributed by atoms with Crippen LogP contribution in [0, 0.1) is 0 Å². The summed E-state index contributed by atoms with van der Waals surface area (Å²) < 4.78 is 1.70. The fourth-order valence-electron chi connectivity index (χ4n) is 1.27. The van der Waals surface area contributed by atoms with Crippen LogP contribution in [-0.4, -0.2) is 30.8 Å². The van der Waals surface area contributed by atoms with Crippen molar-refractivity contribution in [3.05, 3.63) is 35.9 Å². The summed E-state index contributed by atoms with van der Waals surface area (Å²) in [7, 11) is 1.83. The van der Waals surface area contributed by atoms with Gasteiger partial charge in [-0.25, -0.2) is 14.8 Å². The van der Waals surface area contributed by atoms with E-state index < -0.39 is 5.97 Å². The van der Waals surface area contributed by atoms with E-state index in [1.165, 1.54) is 12.4 Å². The monoisotopic (exact) mass is 233 g/mol. The minimum absolute atomic E-state index is 0.0666. The number of anilines is 1. The maximum Gasteiger partial charge on any atom is 0.338 e. The second-order valence-electron chi connectivity index (χ2n) is 3.48. The Hall–Kier alpha value is -2.44. The van der Waals surface area contributed by atoms with E-state index in [-0.39, 0.29) is 5.56 Å². The van der Waals surface area contributed by atoms with Crippen molar-refractivity contribution >= 4 is 11.9 Å². The first-order valence-corrected chi connectivity index (χ1v) is 4.92. The fraction of sp³-hybridized carbons (Fsp3) is 0.200. The zero-order valence-corrected chi connectivity index (χ0v) is 9.16. The predicted octanol–water partition coefficient (Wildman–Crippen LogP) is 0.520. The number of nitrogens with zero attached hydrogens (tertiary/aromatic N) is 4. The molecule has 7 nitrogen and oxygen atoms in total. The largest absolute Gasteiger partial charge is 0.478 e. The molecule has 0 atom stereocenters. The maximum absolute atomic E-state index is 10.6. The first-order valence-electron chi connectivity index (χ1n) is 4.92. The summed E-state index contributed by atoms with van der Waals surface area (Å²) in [6.45, 7) is 0.542. The smallest absolute Gasteiger partial charge is 0.338 e. The molecule has 88 valence electrons. The first kappa shape index (κ1) is 11.1. The molecule has 2 heterocycles. The van der Waals surface area contributed by atoms with E-state index in [1.807, 2.05) is 13.2 Å². The summed E-state index contributed by atoms with van der Waals surface area (Å²) >= 11 is 0. The lowest BCUT2D eigenvalue weighted by Crippen LogP contribution is -2.05. The van der Waals surface area contributed by atoms with E-state index in [0.717, 1.165) is 5.56 Å². The highest BCUT2D eigenvalue weighted by Gasteiger charge is 2.04. The minimum atomic E-state index is -1.04. The minimum Gasteiger partial charge on any atom is -0.478 e. The zero-order valence-electron chi connectivity index (χ0n) is 9.16. The Morgan fingerprint density at radius 2 is 2.12 bits per heavy atom. The molecule has 0 aliphatic carbocycles. The normalized spacial score (nSPS) is 10.2. The quantitative estimate of drug-likeness (QED) is 0.799. The van der Waals surface area contributed by atoms with Gasteiger partial charge in [0, 0.05) is 37.7 Å². The van der Waals surface area contributed by atoms with Gasteiger partial charge in [0.2, 0.25) is 5.95 Å². The van der Waals surface area contributed by atoms with Gasteiger partial charge in [0.25, 0.3) is 0 Å².